The maximum atomic E-state index is 11.1. The predicted octanol–water partition coefficient (Wildman–Crippen LogP) is -0.623. The third kappa shape index (κ3) is 4.28. The molecule has 1 rings (SSSR count). The van der Waals surface area contributed by atoms with Crippen molar-refractivity contribution < 1.29 is 9.90 Å². The lowest BCUT2D eigenvalue weighted by Gasteiger charge is -2.14. The van der Waals surface area contributed by atoms with Gasteiger partial charge in [-0.25, -0.2) is 0 Å². The number of nitrogens with zero attached hydrogens (tertiary/aromatic N) is 1. The van der Waals surface area contributed by atoms with Crippen LogP contribution in [0, 0.1) is 17.2 Å². The Morgan fingerprint density at radius 1 is 1.53 bits per heavy atom. The van der Waals surface area contributed by atoms with Crippen LogP contribution in [0.3, 0.4) is 0 Å². The fraction of sp³-hybridized carbons (Fsp3) is 0.800. The van der Waals surface area contributed by atoms with Gasteiger partial charge in [-0.2, -0.15) is 5.26 Å². The summed E-state index contributed by atoms with van der Waals surface area (Å²) in [6, 6.07) is 1.84. The number of aliphatic hydroxyl groups excluding tert-OH is 1. The Labute approximate surface area is 89.5 Å². The standard InChI is InChI=1S/C10H17N3O2/c11-4-5-13-10(15)7-12-6-8-2-1-3-9(8)14/h8-9,12,14H,1-3,5-7H2,(H,13,15). The van der Waals surface area contributed by atoms with Gasteiger partial charge in [-0.05, 0) is 18.8 Å². The highest BCUT2D eigenvalue weighted by Crippen LogP contribution is 2.24. The van der Waals surface area contributed by atoms with Gasteiger partial charge in [0.2, 0.25) is 5.91 Å². The van der Waals surface area contributed by atoms with Crippen LogP contribution in [0.2, 0.25) is 0 Å². The molecule has 3 N–H and O–H groups in total. The molecule has 5 nitrogen and oxygen atoms in total. The summed E-state index contributed by atoms with van der Waals surface area (Å²) in [4.78, 5) is 11.1. The highest BCUT2D eigenvalue weighted by molar-refractivity contribution is 5.78. The minimum Gasteiger partial charge on any atom is -0.393 e. The summed E-state index contributed by atoms with van der Waals surface area (Å²) in [6.07, 6.45) is 2.73. The monoisotopic (exact) mass is 211 g/mol. The first-order valence-corrected chi connectivity index (χ1v) is 5.26. The van der Waals surface area contributed by atoms with Gasteiger partial charge in [0.25, 0.3) is 0 Å². The van der Waals surface area contributed by atoms with Gasteiger partial charge in [0.1, 0.15) is 6.54 Å². The zero-order valence-corrected chi connectivity index (χ0v) is 8.70. The van der Waals surface area contributed by atoms with Gasteiger partial charge in [0.15, 0.2) is 0 Å². The fourth-order valence-electron chi connectivity index (χ4n) is 1.83. The maximum absolute atomic E-state index is 11.1. The van der Waals surface area contributed by atoms with Crippen LogP contribution in [0.5, 0.6) is 0 Å². The van der Waals surface area contributed by atoms with E-state index < -0.39 is 0 Å². The molecule has 0 spiro atoms. The van der Waals surface area contributed by atoms with Gasteiger partial charge in [-0.1, -0.05) is 6.42 Å². The van der Waals surface area contributed by atoms with Crippen molar-refractivity contribution in [1.29, 1.82) is 5.26 Å². The number of carbonyl (C=O) groups is 1. The molecule has 15 heavy (non-hydrogen) atoms. The first kappa shape index (κ1) is 12.0. The van der Waals surface area contributed by atoms with Gasteiger partial charge in [0.05, 0.1) is 18.7 Å². The summed E-state index contributed by atoms with van der Waals surface area (Å²) < 4.78 is 0. The number of nitriles is 1. The first-order valence-electron chi connectivity index (χ1n) is 5.26. The van der Waals surface area contributed by atoms with Crippen LogP contribution in [0.4, 0.5) is 0 Å². The molecule has 0 aliphatic heterocycles. The molecule has 2 atom stereocenters. The van der Waals surface area contributed by atoms with E-state index in [9.17, 15) is 9.90 Å². The van der Waals surface area contributed by atoms with Gasteiger partial charge in [-0.3, -0.25) is 4.79 Å². The molecule has 1 saturated carbocycles. The van der Waals surface area contributed by atoms with Crippen molar-refractivity contribution in [3.63, 3.8) is 0 Å². The third-order valence-corrected chi connectivity index (χ3v) is 2.68. The van der Waals surface area contributed by atoms with Crippen molar-refractivity contribution >= 4 is 5.91 Å². The Hall–Kier alpha value is -1.12. The maximum Gasteiger partial charge on any atom is 0.234 e. The van der Waals surface area contributed by atoms with Crippen LogP contribution in [-0.2, 0) is 4.79 Å². The molecule has 1 fully saturated rings. The molecular weight excluding hydrogens is 194 g/mol. The topological polar surface area (TPSA) is 85.2 Å². The molecule has 1 aliphatic rings. The largest absolute Gasteiger partial charge is 0.393 e. The Kier molecular flexibility index (Phi) is 5.08. The zero-order valence-electron chi connectivity index (χ0n) is 8.70. The molecule has 0 saturated heterocycles. The van der Waals surface area contributed by atoms with Crippen molar-refractivity contribution in [3.05, 3.63) is 0 Å². The van der Waals surface area contributed by atoms with Gasteiger partial charge < -0.3 is 15.7 Å². The molecule has 0 aromatic carbocycles. The number of hydrogen-bond donors (Lipinski definition) is 3. The molecule has 0 radical (unpaired) electrons. The lowest BCUT2D eigenvalue weighted by atomic mass is 10.1. The van der Waals surface area contributed by atoms with Crippen LogP contribution >= 0.6 is 0 Å². The van der Waals surface area contributed by atoms with E-state index >= 15 is 0 Å². The molecule has 2 unspecified atom stereocenters. The van der Waals surface area contributed by atoms with E-state index in [2.05, 4.69) is 10.6 Å². The molecule has 1 aliphatic carbocycles. The number of rotatable bonds is 5. The van der Waals surface area contributed by atoms with Crippen LogP contribution in [-0.4, -0.2) is 36.8 Å². The molecule has 0 aromatic heterocycles. The number of amides is 1. The van der Waals surface area contributed by atoms with Gasteiger partial charge >= 0.3 is 0 Å². The average Bonchev–Trinajstić information content (AvgIpc) is 2.61. The van der Waals surface area contributed by atoms with Crippen molar-refractivity contribution in [1.82, 2.24) is 10.6 Å². The Balaban J connectivity index is 2.05. The van der Waals surface area contributed by atoms with Crippen LogP contribution in [0.15, 0.2) is 0 Å². The van der Waals surface area contributed by atoms with E-state index in [0.29, 0.717) is 6.54 Å². The lowest BCUT2D eigenvalue weighted by Crippen LogP contribution is -2.37. The number of aliphatic hydroxyl groups is 1. The van der Waals surface area contributed by atoms with Gasteiger partial charge in [0, 0.05) is 6.54 Å². The summed E-state index contributed by atoms with van der Waals surface area (Å²) in [6.45, 7) is 0.929. The molecular formula is C10H17N3O2. The van der Waals surface area contributed by atoms with Crippen LogP contribution in [0.25, 0.3) is 0 Å². The average molecular weight is 211 g/mol. The smallest absolute Gasteiger partial charge is 0.234 e. The Morgan fingerprint density at radius 3 is 2.93 bits per heavy atom. The summed E-state index contributed by atoms with van der Waals surface area (Å²) in [7, 11) is 0. The molecule has 0 aromatic rings. The highest BCUT2D eigenvalue weighted by atomic mass is 16.3. The lowest BCUT2D eigenvalue weighted by molar-refractivity contribution is -0.120. The predicted molar refractivity (Wildman–Crippen MR) is 54.8 cm³/mol. The minimum absolute atomic E-state index is 0.0482. The molecule has 0 heterocycles. The number of hydrogen-bond acceptors (Lipinski definition) is 4. The van der Waals surface area contributed by atoms with Crippen molar-refractivity contribution in [2.24, 2.45) is 5.92 Å². The minimum atomic E-state index is -0.223. The van der Waals surface area contributed by atoms with E-state index in [0.717, 1.165) is 19.3 Å². The number of nitrogens with one attached hydrogen (secondary N) is 2. The first-order chi connectivity index (χ1) is 7.24. The molecule has 84 valence electrons. The Morgan fingerprint density at radius 2 is 2.33 bits per heavy atom. The van der Waals surface area contributed by atoms with Crippen LogP contribution < -0.4 is 10.6 Å². The van der Waals surface area contributed by atoms with Crippen molar-refractivity contribution in [2.75, 3.05) is 19.6 Å². The van der Waals surface area contributed by atoms with E-state index in [1.54, 1.807) is 0 Å². The van der Waals surface area contributed by atoms with E-state index in [4.69, 9.17) is 5.26 Å². The van der Waals surface area contributed by atoms with E-state index in [-0.39, 0.29) is 31.0 Å². The number of carbonyl (C=O) groups excluding carboxylic acids is 1. The van der Waals surface area contributed by atoms with E-state index in [1.807, 2.05) is 6.07 Å². The second-order valence-corrected chi connectivity index (χ2v) is 3.82. The quantitative estimate of drug-likeness (QED) is 0.529. The Bertz CT molecular complexity index is 250. The summed E-state index contributed by atoms with van der Waals surface area (Å²) >= 11 is 0. The third-order valence-electron chi connectivity index (χ3n) is 2.68. The highest BCUT2D eigenvalue weighted by Gasteiger charge is 2.24. The van der Waals surface area contributed by atoms with Crippen molar-refractivity contribution in [2.45, 2.75) is 25.4 Å². The zero-order chi connectivity index (χ0) is 11.1. The fourth-order valence-corrected chi connectivity index (χ4v) is 1.83. The second kappa shape index (κ2) is 6.38. The van der Waals surface area contributed by atoms with Crippen LogP contribution in [0.1, 0.15) is 19.3 Å². The van der Waals surface area contributed by atoms with E-state index in [1.165, 1.54) is 0 Å². The van der Waals surface area contributed by atoms with Crippen molar-refractivity contribution in [3.8, 4) is 6.07 Å². The molecule has 0 bridgehead atoms. The summed E-state index contributed by atoms with van der Waals surface area (Å²) in [5.74, 6) is 0.0952. The summed E-state index contributed by atoms with van der Waals surface area (Å²) in [5, 5.41) is 23.2. The normalized spacial score (nSPS) is 24.8. The summed E-state index contributed by atoms with van der Waals surface area (Å²) in [5.41, 5.74) is 0. The molecule has 5 heteroatoms. The van der Waals surface area contributed by atoms with Gasteiger partial charge in [-0.15, -0.1) is 0 Å². The SMILES string of the molecule is N#CCNC(=O)CNCC1CCCC1O. The second-order valence-electron chi connectivity index (χ2n) is 3.82. The molecule has 1 amide bonds.